The van der Waals surface area contributed by atoms with Crippen LogP contribution >= 0.6 is 0 Å². The molecule has 2 amide bonds. The Hall–Kier alpha value is -3.87. The van der Waals surface area contributed by atoms with Crippen molar-refractivity contribution >= 4 is 23.2 Å². The van der Waals surface area contributed by atoms with E-state index in [2.05, 4.69) is 10.2 Å². The summed E-state index contributed by atoms with van der Waals surface area (Å²) in [5.41, 5.74) is 8.94. The van der Waals surface area contributed by atoms with Crippen molar-refractivity contribution in [3.8, 4) is 0 Å². The number of primary amides is 1. The highest BCUT2D eigenvalue weighted by Gasteiger charge is 2.23. The van der Waals surface area contributed by atoms with Gasteiger partial charge in [-0.05, 0) is 61.7 Å². The van der Waals surface area contributed by atoms with Crippen molar-refractivity contribution in [3.05, 3.63) is 93.9 Å². The van der Waals surface area contributed by atoms with Crippen LogP contribution in [0.15, 0.2) is 71.7 Å². The minimum absolute atomic E-state index is 0.0550. The second-order valence-electron chi connectivity index (χ2n) is 8.51. The van der Waals surface area contributed by atoms with Crippen LogP contribution in [0.2, 0.25) is 0 Å². The average Bonchev–Trinajstić information content (AvgIpc) is 2.81. The van der Waals surface area contributed by atoms with E-state index in [-0.39, 0.29) is 22.9 Å². The van der Waals surface area contributed by atoms with Gasteiger partial charge >= 0.3 is 0 Å². The number of benzene rings is 2. The number of carbonyl (C=O) groups is 2. The van der Waals surface area contributed by atoms with Gasteiger partial charge in [-0.1, -0.05) is 29.8 Å². The molecule has 1 aliphatic heterocycles. The van der Waals surface area contributed by atoms with Gasteiger partial charge in [-0.2, -0.15) is 0 Å². The molecule has 3 aromatic rings. The largest absolute Gasteiger partial charge is 0.371 e. The summed E-state index contributed by atoms with van der Waals surface area (Å²) in [5.74, 6) is -0.721. The zero-order valence-electron chi connectivity index (χ0n) is 18.7. The number of carbonyl (C=O) groups excluding carboxylic acids is 2. The lowest BCUT2D eigenvalue weighted by Crippen LogP contribution is -2.38. The molecule has 2 aromatic carbocycles. The van der Waals surface area contributed by atoms with Crippen molar-refractivity contribution in [2.24, 2.45) is 11.7 Å². The molecule has 170 valence electrons. The smallest absolute Gasteiger partial charge is 0.263 e. The average molecular weight is 445 g/mol. The number of rotatable bonds is 6. The van der Waals surface area contributed by atoms with Crippen molar-refractivity contribution in [1.29, 1.82) is 0 Å². The Kier molecular flexibility index (Phi) is 6.58. The predicted molar refractivity (Wildman–Crippen MR) is 130 cm³/mol. The van der Waals surface area contributed by atoms with Gasteiger partial charge in [0.25, 0.3) is 11.5 Å². The summed E-state index contributed by atoms with van der Waals surface area (Å²) in [6.07, 6.45) is 3.19. The van der Waals surface area contributed by atoms with Gasteiger partial charge in [0.2, 0.25) is 5.91 Å². The molecule has 7 nitrogen and oxygen atoms in total. The van der Waals surface area contributed by atoms with E-state index in [1.807, 2.05) is 55.5 Å². The van der Waals surface area contributed by atoms with Crippen molar-refractivity contribution in [2.75, 3.05) is 23.3 Å². The van der Waals surface area contributed by atoms with Crippen molar-refractivity contribution in [1.82, 2.24) is 4.57 Å². The number of hydrogen-bond acceptors (Lipinski definition) is 4. The molecule has 0 atom stereocenters. The van der Waals surface area contributed by atoms with Crippen LogP contribution in [0, 0.1) is 12.8 Å². The summed E-state index contributed by atoms with van der Waals surface area (Å²) >= 11 is 0. The maximum atomic E-state index is 12.9. The van der Waals surface area contributed by atoms with Gasteiger partial charge in [-0.15, -0.1) is 0 Å². The molecule has 0 radical (unpaired) electrons. The zero-order chi connectivity index (χ0) is 23.4. The van der Waals surface area contributed by atoms with Crippen LogP contribution in [-0.4, -0.2) is 29.5 Å². The van der Waals surface area contributed by atoms with Crippen LogP contribution < -0.4 is 21.5 Å². The summed E-state index contributed by atoms with van der Waals surface area (Å²) in [5, 5.41) is 2.82. The first-order valence-corrected chi connectivity index (χ1v) is 11.1. The van der Waals surface area contributed by atoms with Crippen LogP contribution in [0.5, 0.6) is 0 Å². The molecule has 2 heterocycles. The Morgan fingerprint density at radius 3 is 2.42 bits per heavy atom. The van der Waals surface area contributed by atoms with Crippen molar-refractivity contribution in [3.63, 3.8) is 0 Å². The fourth-order valence-corrected chi connectivity index (χ4v) is 4.22. The molecular weight excluding hydrogens is 416 g/mol. The van der Waals surface area contributed by atoms with Gasteiger partial charge in [0.1, 0.15) is 5.56 Å². The Labute approximate surface area is 192 Å². The van der Waals surface area contributed by atoms with E-state index in [0.29, 0.717) is 12.2 Å². The predicted octanol–water partition coefficient (Wildman–Crippen LogP) is 3.16. The molecular formula is C26H28N4O3. The molecule has 1 fully saturated rings. The first-order chi connectivity index (χ1) is 15.9. The molecule has 0 aliphatic carbocycles. The monoisotopic (exact) mass is 444 g/mol. The van der Waals surface area contributed by atoms with Crippen LogP contribution in [-0.2, 0) is 11.3 Å². The molecule has 0 spiro atoms. The van der Waals surface area contributed by atoms with Gasteiger partial charge < -0.3 is 20.5 Å². The number of aromatic nitrogens is 1. The molecule has 4 rings (SSSR count). The Bertz CT molecular complexity index is 1210. The lowest BCUT2D eigenvalue weighted by atomic mass is 9.96. The van der Waals surface area contributed by atoms with Crippen LogP contribution in [0.25, 0.3) is 0 Å². The first-order valence-electron chi connectivity index (χ1n) is 11.1. The number of nitrogens with one attached hydrogen (secondary N) is 1. The molecule has 0 saturated carbocycles. The highest BCUT2D eigenvalue weighted by atomic mass is 16.2. The summed E-state index contributed by atoms with van der Waals surface area (Å²) < 4.78 is 1.54. The highest BCUT2D eigenvalue weighted by molar-refractivity contribution is 6.04. The van der Waals surface area contributed by atoms with Crippen molar-refractivity contribution in [2.45, 2.75) is 26.3 Å². The lowest BCUT2D eigenvalue weighted by molar-refractivity contribution is -0.122. The highest BCUT2D eigenvalue weighted by Crippen LogP contribution is 2.24. The third-order valence-electron chi connectivity index (χ3n) is 6.09. The van der Waals surface area contributed by atoms with E-state index in [4.69, 9.17) is 5.73 Å². The number of nitrogens with zero attached hydrogens (tertiary/aromatic N) is 2. The lowest BCUT2D eigenvalue weighted by Gasteiger charge is -2.32. The van der Waals surface area contributed by atoms with E-state index >= 15 is 0 Å². The van der Waals surface area contributed by atoms with E-state index in [1.54, 1.807) is 22.9 Å². The Morgan fingerprint density at radius 1 is 1.03 bits per heavy atom. The summed E-state index contributed by atoms with van der Waals surface area (Å²) in [6, 6.07) is 18.7. The third-order valence-corrected chi connectivity index (χ3v) is 6.09. The van der Waals surface area contributed by atoms with E-state index in [0.717, 1.165) is 42.7 Å². The number of pyridine rings is 1. The first kappa shape index (κ1) is 22.3. The fourth-order valence-electron chi connectivity index (χ4n) is 4.22. The van der Waals surface area contributed by atoms with Gasteiger partial charge in [0, 0.05) is 36.6 Å². The second kappa shape index (κ2) is 9.73. The summed E-state index contributed by atoms with van der Waals surface area (Å²) in [6.45, 7) is 3.95. The number of amides is 2. The number of aryl methyl sites for hydroxylation is 1. The summed E-state index contributed by atoms with van der Waals surface area (Å²) in [4.78, 5) is 39.2. The SMILES string of the molecule is Cc1cccc(Cn2cccc(C(=O)Nc3ccc(N4CCC(C(N)=O)CC4)cc3)c2=O)c1. The number of hydrogen-bond donors (Lipinski definition) is 2. The maximum absolute atomic E-state index is 12.9. The molecule has 0 unspecified atom stereocenters. The van der Waals surface area contributed by atoms with Crippen LogP contribution in [0.1, 0.15) is 34.3 Å². The standard InChI is InChI=1S/C26H28N4O3/c1-18-4-2-5-19(16-18)17-30-13-3-6-23(26(30)33)25(32)28-21-7-9-22(10-8-21)29-14-11-20(12-15-29)24(27)31/h2-10,13,16,20H,11-12,14-15,17H2,1H3,(H2,27,31)(H,28,32). The molecule has 0 bridgehead atoms. The summed E-state index contributed by atoms with van der Waals surface area (Å²) in [7, 11) is 0. The molecule has 1 aromatic heterocycles. The normalized spacial score (nSPS) is 14.2. The molecule has 7 heteroatoms. The third kappa shape index (κ3) is 5.31. The quantitative estimate of drug-likeness (QED) is 0.610. The van der Waals surface area contributed by atoms with E-state index in [9.17, 15) is 14.4 Å². The minimum Gasteiger partial charge on any atom is -0.371 e. The number of anilines is 2. The molecule has 1 aliphatic rings. The number of piperidine rings is 1. The zero-order valence-corrected chi connectivity index (χ0v) is 18.7. The van der Waals surface area contributed by atoms with Gasteiger partial charge in [-0.3, -0.25) is 14.4 Å². The molecule has 1 saturated heterocycles. The fraction of sp³-hybridized carbons (Fsp3) is 0.269. The van der Waals surface area contributed by atoms with E-state index in [1.165, 1.54) is 0 Å². The Balaban J connectivity index is 1.42. The second-order valence-corrected chi connectivity index (χ2v) is 8.51. The topological polar surface area (TPSA) is 97.4 Å². The van der Waals surface area contributed by atoms with E-state index < -0.39 is 5.91 Å². The van der Waals surface area contributed by atoms with Crippen molar-refractivity contribution < 1.29 is 9.59 Å². The van der Waals surface area contributed by atoms with Gasteiger partial charge in [-0.25, -0.2) is 0 Å². The molecule has 33 heavy (non-hydrogen) atoms. The van der Waals surface area contributed by atoms with Gasteiger partial charge in [0.15, 0.2) is 0 Å². The van der Waals surface area contributed by atoms with Crippen LogP contribution in [0.4, 0.5) is 11.4 Å². The Morgan fingerprint density at radius 2 is 1.76 bits per heavy atom. The molecule has 3 N–H and O–H groups in total. The number of nitrogens with two attached hydrogens (primary N) is 1. The maximum Gasteiger partial charge on any atom is 0.263 e. The minimum atomic E-state index is -0.436. The van der Waals surface area contributed by atoms with Gasteiger partial charge in [0.05, 0.1) is 6.54 Å². The van der Waals surface area contributed by atoms with Crippen LogP contribution in [0.3, 0.4) is 0 Å².